The molecule has 8 heteroatoms. The average molecular weight is 407 g/mol. The first-order valence-electron chi connectivity index (χ1n) is 9.48. The number of fused-ring (bicyclic) bond motifs is 1. The van der Waals surface area contributed by atoms with Crippen LogP contribution in [0.1, 0.15) is 23.0 Å². The number of hydrogen-bond donors (Lipinski definition) is 1. The minimum Gasteiger partial charge on any atom is -0.477 e. The molecule has 3 aromatic heterocycles. The molecule has 0 radical (unpaired) electrons. The third kappa shape index (κ3) is 2.80. The van der Waals surface area contributed by atoms with Crippen molar-refractivity contribution in [2.24, 2.45) is 14.1 Å². The maximum Gasteiger partial charge on any atom is 0.343 e. The van der Waals surface area contributed by atoms with Gasteiger partial charge in [0.15, 0.2) is 0 Å². The van der Waals surface area contributed by atoms with Crippen molar-refractivity contribution in [1.29, 1.82) is 0 Å². The molecule has 1 aromatic carbocycles. The summed E-state index contributed by atoms with van der Waals surface area (Å²) in [6, 6.07) is 9.30. The molecular formula is C22H21N3O5. The number of rotatable bonds is 4. The van der Waals surface area contributed by atoms with Gasteiger partial charge in [-0.1, -0.05) is 24.3 Å². The number of aromatic nitrogens is 3. The van der Waals surface area contributed by atoms with Gasteiger partial charge in [-0.15, -0.1) is 0 Å². The molecule has 30 heavy (non-hydrogen) atoms. The van der Waals surface area contributed by atoms with Gasteiger partial charge in [-0.05, 0) is 31.0 Å². The molecule has 1 N–H and O–H groups in total. The van der Waals surface area contributed by atoms with Gasteiger partial charge in [0, 0.05) is 37.9 Å². The summed E-state index contributed by atoms with van der Waals surface area (Å²) >= 11 is 0. The summed E-state index contributed by atoms with van der Waals surface area (Å²) in [5.74, 6) is -0.707. The summed E-state index contributed by atoms with van der Waals surface area (Å²) in [7, 11) is 3.11. The van der Waals surface area contributed by atoms with Crippen molar-refractivity contribution in [3.63, 3.8) is 0 Å². The lowest BCUT2D eigenvalue weighted by Crippen LogP contribution is -2.25. The van der Waals surface area contributed by atoms with Gasteiger partial charge < -0.3 is 18.8 Å². The highest BCUT2D eigenvalue weighted by Gasteiger charge is 2.21. The van der Waals surface area contributed by atoms with E-state index >= 15 is 0 Å². The highest BCUT2D eigenvalue weighted by molar-refractivity contribution is 6.03. The first-order chi connectivity index (χ1) is 14.2. The SMILES string of the molecule is CCn1c(-c2ccc(-c3c(C)on(C)c3=O)cc2)cc2cn(C)c(=O)c(C(=O)O)c21. The van der Waals surface area contributed by atoms with Crippen molar-refractivity contribution >= 4 is 16.9 Å². The molecular weight excluding hydrogens is 386 g/mol. The lowest BCUT2D eigenvalue weighted by atomic mass is 10.0. The van der Waals surface area contributed by atoms with Gasteiger partial charge in [0.2, 0.25) is 0 Å². The lowest BCUT2D eigenvalue weighted by Gasteiger charge is -2.10. The second-order valence-electron chi connectivity index (χ2n) is 7.21. The lowest BCUT2D eigenvalue weighted by molar-refractivity contribution is 0.0696. The number of carbonyl (C=O) groups is 1. The second-order valence-corrected chi connectivity index (χ2v) is 7.21. The van der Waals surface area contributed by atoms with Crippen LogP contribution in [0.4, 0.5) is 0 Å². The van der Waals surface area contributed by atoms with Gasteiger partial charge in [0.05, 0.1) is 11.1 Å². The van der Waals surface area contributed by atoms with Crippen molar-refractivity contribution in [2.45, 2.75) is 20.4 Å². The Bertz CT molecular complexity index is 1410. The molecule has 8 nitrogen and oxygen atoms in total. The Labute approximate surface area is 171 Å². The average Bonchev–Trinajstić information content (AvgIpc) is 3.18. The summed E-state index contributed by atoms with van der Waals surface area (Å²) in [4.78, 5) is 36.5. The van der Waals surface area contributed by atoms with Crippen molar-refractivity contribution in [3.8, 4) is 22.4 Å². The topological polar surface area (TPSA) is 99.4 Å². The van der Waals surface area contributed by atoms with Gasteiger partial charge in [0.1, 0.15) is 11.3 Å². The van der Waals surface area contributed by atoms with E-state index in [9.17, 15) is 19.5 Å². The number of aromatic carboxylic acids is 1. The van der Waals surface area contributed by atoms with E-state index in [2.05, 4.69) is 0 Å². The van der Waals surface area contributed by atoms with Crippen LogP contribution in [0.3, 0.4) is 0 Å². The number of benzene rings is 1. The fraction of sp³-hybridized carbons (Fsp3) is 0.227. The number of hydrogen-bond acceptors (Lipinski definition) is 4. The third-order valence-corrected chi connectivity index (χ3v) is 5.36. The Morgan fingerprint density at radius 3 is 2.23 bits per heavy atom. The van der Waals surface area contributed by atoms with Crippen LogP contribution >= 0.6 is 0 Å². The van der Waals surface area contributed by atoms with Crippen LogP contribution in [0.15, 0.2) is 50.6 Å². The summed E-state index contributed by atoms with van der Waals surface area (Å²) in [5.41, 5.74) is 2.31. The molecule has 0 fully saturated rings. The maximum absolute atomic E-state index is 12.4. The molecule has 0 bridgehead atoms. The van der Waals surface area contributed by atoms with E-state index in [-0.39, 0.29) is 11.1 Å². The number of aryl methyl sites for hydroxylation is 4. The zero-order chi connectivity index (χ0) is 21.7. The molecule has 154 valence electrons. The molecule has 0 saturated carbocycles. The van der Waals surface area contributed by atoms with Gasteiger partial charge in [-0.25, -0.2) is 4.79 Å². The Hall–Kier alpha value is -3.81. The summed E-state index contributed by atoms with van der Waals surface area (Å²) in [6.45, 7) is 4.14. The first-order valence-corrected chi connectivity index (χ1v) is 9.48. The number of nitrogens with zero attached hydrogens (tertiary/aromatic N) is 3. The van der Waals surface area contributed by atoms with Crippen molar-refractivity contribution in [1.82, 2.24) is 13.9 Å². The van der Waals surface area contributed by atoms with Gasteiger partial charge in [-0.3, -0.25) is 9.59 Å². The van der Waals surface area contributed by atoms with Gasteiger partial charge in [-0.2, -0.15) is 4.74 Å². The van der Waals surface area contributed by atoms with E-state index in [4.69, 9.17) is 4.52 Å². The molecule has 0 atom stereocenters. The van der Waals surface area contributed by atoms with E-state index in [1.807, 2.05) is 41.8 Å². The van der Waals surface area contributed by atoms with Crippen LogP contribution in [0.2, 0.25) is 0 Å². The van der Waals surface area contributed by atoms with Crippen LogP contribution in [0.5, 0.6) is 0 Å². The smallest absolute Gasteiger partial charge is 0.343 e. The second kappa shape index (κ2) is 6.91. The largest absolute Gasteiger partial charge is 0.477 e. The van der Waals surface area contributed by atoms with Crippen LogP contribution in [-0.2, 0) is 20.6 Å². The minimum atomic E-state index is -1.25. The summed E-state index contributed by atoms with van der Waals surface area (Å²) < 4.78 is 9.68. The first kappa shape index (κ1) is 19.5. The Morgan fingerprint density at radius 2 is 1.70 bits per heavy atom. The summed E-state index contributed by atoms with van der Waals surface area (Å²) in [6.07, 6.45) is 1.65. The Morgan fingerprint density at radius 1 is 1.07 bits per heavy atom. The molecule has 0 amide bonds. The van der Waals surface area contributed by atoms with Crippen LogP contribution in [-0.4, -0.2) is 24.9 Å². The molecule has 0 spiro atoms. The molecule has 4 aromatic rings. The highest BCUT2D eigenvalue weighted by atomic mass is 16.5. The van der Waals surface area contributed by atoms with Crippen LogP contribution < -0.4 is 11.1 Å². The fourth-order valence-corrected chi connectivity index (χ4v) is 3.99. The maximum atomic E-state index is 12.4. The van der Waals surface area contributed by atoms with Gasteiger partial charge >= 0.3 is 5.97 Å². The predicted octanol–water partition coefficient (Wildman–Crippen LogP) is 2.99. The van der Waals surface area contributed by atoms with E-state index in [0.29, 0.717) is 28.8 Å². The number of carboxylic acids is 1. The molecule has 4 rings (SSSR count). The summed E-state index contributed by atoms with van der Waals surface area (Å²) in [5, 5.41) is 10.3. The zero-order valence-electron chi connectivity index (χ0n) is 17.1. The van der Waals surface area contributed by atoms with E-state index < -0.39 is 11.5 Å². The molecule has 0 unspecified atom stereocenters. The van der Waals surface area contributed by atoms with E-state index in [0.717, 1.165) is 16.8 Å². The molecule has 0 aliphatic heterocycles. The van der Waals surface area contributed by atoms with Crippen LogP contribution in [0.25, 0.3) is 33.3 Å². The molecule has 0 saturated heterocycles. The van der Waals surface area contributed by atoms with Crippen LogP contribution in [0, 0.1) is 6.92 Å². The molecule has 0 aliphatic rings. The molecule has 3 heterocycles. The molecule has 0 aliphatic carbocycles. The van der Waals surface area contributed by atoms with Crippen molar-refractivity contribution in [3.05, 3.63) is 68.6 Å². The van der Waals surface area contributed by atoms with E-state index in [1.165, 1.54) is 9.31 Å². The van der Waals surface area contributed by atoms with Crippen molar-refractivity contribution in [2.75, 3.05) is 0 Å². The minimum absolute atomic E-state index is 0.204. The zero-order valence-corrected chi connectivity index (χ0v) is 17.1. The number of pyridine rings is 1. The Balaban J connectivity index is 1.92. The number of carboxylic acid groups (broad SMARTS) is 1. The standard InChI is InChI=1S/C22H21N3O5/c1-5-25-16(10-15-11-23(3)20(26)18(19(15)25)22(28)29)13-6-8-14(9-7-13)17-12(2)30-24(4)21(17)27/h6-11H,5H2,1-4H3,(H,28,29). The Kier molecular flexibility index (Phi) is 4.49. The van der Waals surface area contributed by atoms with Crippen molar-refractivity contribution < 1.29 is 14.4 Å². The normalized spacial score (nSPS) is 11.3. The third-order valence-electron chi connectivity index (χ3n) is 5.36. The predicted molar refractivity (Wildman–Crippen MR) is 113 cm³/mol. The monoisotopic (exact) mass is 407 g/mol. The quantitative estimate of drug-likeness (QED) is 0.561. The highest BCUT2D eigenvalue weighted by Crippen LogP contribution is 2.31. The van der Waals surface area contributed by atoms with E-state index in [1.54, 1.807) is 27.2 Å². The van der Waals surface area contributed by atoms with Gasteiger partial charge in [0.25, 0.3) is 11.1 Å². The fourth-order valence-electron chi connectivity index (χ4n) is 3.99.